The van der Waals surface area contributed by atoms with Crippen molar-refractivity contribution in [1.29, 1.82) is 0 Å². The quantitative estimate of drug-likeness (QED) is 0.776. The minimum absolute atomic E-state index is 0.0417. The molecule has 1 N–H and O–H groups in total. The fraction of sp³-hybridized carbons (Fsp3) is 0.556. The highest BCUT2D eigenvalue weighted by Crippen LogP contribution is 2.29. The summed E-state index contributed by atoms with van der Waals surface area (Å²) in [6.07, 6.45) is 2.38. The van der Waals surface area contributed by atoms with E-state index in [0.717, 1.165) is 30.5 Å². The first-order valence-electron chi connectivity index (χ1n) is 8.92. The number of nitrogens with zero attached hydrogens (tertiary/aromatic N) is 2. The van der Waals surface area contributed by atoms with Gasteiger partial charge in [0.1, 0.15) is 0 Å². The number of aryl methyl sites for hydroxylation is 1. The van der Waals surface area contributed by atoms with E-state index in [0.29, 0.717) is 19.6 Å². The standard InChI is InChI=1S/C18H27N3O4S/c1-4-10-20(14(2)22)12-9-19-26(24,25)17-7-8-18-16(13-17)6-5-11-21(18)15(3)23/h7-8,13,19H,4-6,9-12H2,1-3H3. The molecule has 26 heavy (non-hydrogen) atoms. The van der Waals surface area contributed by atoms with Crippen molar-refractivity contribution in [2.24, 2.45) is 0 Å². The number of hydrogen-bond acceptors (Lipinski definition) is 4. The van der Waals surface area contributed by atoms with Gasteiger partial charge in [-0.05, 0) is 43.0 Å². The van der Waals surface area contributed by atoms with Gasteiger partial charge in [0.15, 0.2) is 0 Å². The van der Waals surface area contributed by atoms with Crippen LogP contribution < -0.4 is 9.62 Å². The van der Waals surface area contributed by atoms with Crippen LogP contribution in [0.3, 0.4) is 0 Å². The number of rotatable bonds is 7. The number of benzene rings is 1. The molecule has 144 valence electrons. The topological polar surface area (TPSA) is 86.8 Å². The molecule has 7 nitrogen and oxygen atoms in total. The van der Waals surface area contributed by atoms with Gasteiger partial charge < -0.3 is 9.80 Å². The van der Waals surface area contributed by atoms with Crippen molar-refractivity contribution in [3.63, 3.8) is 0 Å². The molecular weight excluding hydrogens is 354 g/mol. The third-order valence-electron chi connectivity index (χ3n) is 4.47. The second kappa shape index (κ2) is 8.64. The van der Waals surface area contributed by atoms with Gasteiger partial charge in [0.05, 0.1) is 4.90 Å². The van der Waals surface area contributed by atoms with E-state index >= 15 is 0 Å². The number of carbonyl (C=O) groups excluding carboxylic acids is 2. The Morgan fingerprint density at radius 3 is 2.58 bits per heavy atom. The summed E-state index contributed by atoms with van der Waals surface area (Å²) in [4.78, 5) is 26.7. The number of anilines is 1. The molecule has 2 amide bonds. The molecule has 2 rings (SSSR count). The van der Waals surface area contributed by atoms with Gasteiger partial charge in [-0.3, -0.25) is 9.59 Å². The predicted molar refractivity (Wildman–Crippen MR) is 101 cm³/mol. The molecule has 1 aliphatic rings. The summed E-state index contributed by atoms with van der Waals surface area (Å²) in [6, 6.07) is 4.86. The lowest BCUT2D eigenvalue weighted by molar-refractivity contribution is -0.128. The van der Waals surface area contributed by atoms with Crippen molar-refractivity contribution in [1.82, 2.24) is 9.62 Å². The summed E-state index contributed by atoms with van der Waals surface area (Å²) in [7, 11) is -3.66. The van der Waals surface area contributed by atoms with Gasteiger partial charge in [-0.1, -0.05) is 6.92 Å². The lowest BCUT2D eigenvalue weighted by atomic mass is 10.0. The molecule has 1 aliphatic heterocycles. The molecule has 0 aromatic heterocycles. The van der Waals surface area contributed by atoms with Crippen LogP contribution in [0.25, 0.3) is 0 Å². The van der Waals surface area contributed by atoms with Crippen LogP contribution in [-0.4, -0.2) is 51.3 Å². The summed E-state index contributed by atoms with van der Waals surface area (Å²) in [5.41, 5.74) is 1.65. The highest BCUT2D eigenvalue weighted by Gasteiger charge is 2.23. The third-order valence-corrected chi connectivity index (χ3v) is 5.93. The molecule has 1 aromatic rings. The van der Waals surface area contributed by atoms with E-state index in [1.54, 1.807) is 21.9 Å². The Hall–Kier alpha value is -1.93. The highest BCUT2D eigenvalue weighted by molar-refractivity contribution is 7.89. The summed E-state index contributed by atoms with van der Waals surface area (Å²) in [6.45, 7) is 6.73. The average Bonchev–Trinajstić information content (AvgIpc) is 2.59. The molecule has 0 fully saturated rings. The number of nitrogens with one attached hydrogen (secondary N) is 1. The molecule has 0 unspecified atom stereocenters. The first kappa shape index (κ1) is 20.4. The average molecular weight is 381 g/mol. The molecular formula is C18H27N3O4S. The van der Waals surface area contributed by atoms with Crippen molar-refractivity contribution in [3.8, 4) is 0 Å². The zero-order valence-corrected chi connectivity index (χ0v) is 16.4. The predicted octanol–water partition coefficient (Wildman–Crippen LogP) is 1.52. The Morgan fingerprint density at radius 2 is 1.96 bits per heavy atom. The SMILES string of the molecule is CCCN(CCNS(=O)(=O)c1ccc2c(c1)CCCN2C(C)=O)C(C)=O. The molecule has 0 spiro atoms. The smallest absolute Gasteiger partial charge is 0.240 e. The second-order valence-corrected chi connectivity index (χ2v) is 8.24. The first-order valence-corrected chi connectivity index (χ1v) is 10.4. The van der Waals surface area contributed by atoms with Crippen LogP contribution in [0, 0.1) is 0 Å². The zero-order chi connectivity index (χ0) is 19.3. The summed E-state index contributed by atoms with van der Waals surface area (Å²) < 4.78 is 27.7. The normalized spacial score (nSPS) is 14.0. The largest absolute Gasteiger partial charge is 0.342 e. The summed E-state index contributed by atoms with van der Waals surface area (Å²) >= 11 is 0. The molecule has 1 aromatic carbocycles. The van der Waals surface area contributed by atoms with E-state index in [1.165, 1.54) is 19.9 Å². The molecule has 0 saturated carbocycles. The lowest BCUT2D eigenvalue weighted by Gasteiger charge is -2.29. The van der Waals surface area contributed by atoms with Gasteiger partial charge in [-0.15, -0.1) is 0 Å². The van der Waals surface area contributed by atoms with E-state index in [9.17, 15) is 18.0 Å². The van der Waals surface area contributed by atoms with Gasteiger partial charge in [0.2, 0.25) is 21.8 Å². The summed E-state index contributed by atoms with van der Waals surface area (Å²) in [5.74, 6) is -0.107. The Labute approximate surface area is 155 Å². The van der Waals surface area contributed by atoms with Crippen LogP contribution >= 0.6 is 0 Å². The monoisotopic (exact) mass is 381 g/mol. The van der Waals surface area contributed by atoms with E-state index in [-0.39, 0.29) is 23.3 Å². The number of fused-ring (bicyclic) bond motifs is 1. The second-order valence-electron chi connectivity index (χ2n) is 6.47. The Kier molecular flexibility index (Phi) is 6.77. The highest BCUT2D eigenvalue weighted by atomic mass is 32.2. The molecule has 0 radical (unpaired) electrons. The lowest BCUT2D eigenvalue weighted by Crippen LogP contribution is -2.38. The van der Waals surface area contributed by atoms with Crippen LogP contribution in [0.4, 0.5) is 5.69 Å². The molecule has 1 heterocycles. The van der Waals surface area contributed by atoms with E-state index < -0.39 is 10.0 Å². The van der Waals surface area contributed by atoms with E-state index in [1.807, 2.05) is 6.92 Å². The summed E-state index contributed by atoms with van der Waals surface area (Å²) in [5, 5.41) is 0. The molecule has 0 saturated heterocycles. The molecule has 0 aliphatic carbocycles. The van der Waals surface area contributed by atoms with Crippen molar-refractivity contribution < 1.29 is 18.0 Å². The fourth-order valence-electron chi connectivity index (χ4n) is 3.16. The van der Waals surface area contributed by atoms with Crippen LogP contribution in [0.1, 0.15) is 39.2 Å². The van der Waals surface area contributed by atoms with Crippen LogP contribution in [0.2, 0.25) is 0 Å². The molecule has 8 heteroatoms. The fourth-order valence-corrected chi connectivity index (χ4v) is 4.23. The minimum Gasteiger partial charge on any atom is -0.342 e. The van der Waals surface area contributed by atoms with Gasteiger partial charge in [-0.25, -0.2) is 13.1 Å². The minimum atomic E-state index is -3.66. The van der Waals surface area contributed by atoms with Crippen LogP contribution in [0.15, 0.2) is 23.1 Å². The Bertz CT molecular complexity index is 777. The first-order chi connectivity index (χ1) is 12.3. The maximum atomic E-state index is 12.5. The van der Waals surface area contributed by atoms with E-state index in [4.69, 9.17) is 0 Å². The van der Waals surface area contributed by atoms with Gasteiger partial charge in [0, 0.05) is 45.7 Å². The number of carbonyl (C=O) groups is 2. The Balaban J connectivity index is 2.10. The van der Waals surface area contributed by atoms with Crippen LogP contribution in [-0.2, 0) is 26.0 Å². The molecule has 0 atom stereocenters. The van der Waals surface area contributed by atoms with E-state index in [2.05, 4.69) is 4.72 Å². The maximum Gasteiger partial charge on any atom is 0.240 e. The van der Waals surface area contributed by atoms with Gasteiger partial charge >= 0.3 is 0 Å². The van der Waals surface area contributed by atoms with Crippen molar-refractivity contribution in [2.45, 2.75) is 44.9 Å². The van der Waals surface area contributed by atoms with Crippen molar-refractivity contribution in [2.75, 3.05) is 31.1 Å². The third kappa shape index (κ3) is 4.82. The zero-order valence-electron chi connectivity index (χ0n) is 15.6. The van der Waals surface area contributed by atoms with Crippen molar-refractivity contribution in [3.05, 3.63) is 23.8 Å². The van der Waals surface area contributed by atoms with Gasteiger partial charge in [0.25, 0.3) is 0 Å². The molecule has 0 bridgehead atoms. The van der Waals surface area contributed by atoms with Gasteiger partial charge in [-0.2, -0.15) is 0 Å². The number of amides is 2. The maximum absolute atomic E-state index is 12.5. The number of hydrogen-bond donors (Lipinski definition) is 1. The van der Waals surface area contributed by atoms with Crippen LogP contribution in [0.5, 0.6) is 0 Å². The van der Waals surface area contributed by atoms with Crippen molar-refractivity contribution >= 4 is 27.5 Å². The Morgan fingerprint density at radius 1 is 1.23 bits per heavy atom. The number of sulfonamides is 1.